The minimum atomic E-state index is -0.374. The SMILES string of the molecule is COc1ccc(NC(=O)COc2ccc(C(=O)NCc3c(C)cc(C)[nH]c3=O)cc2OC)cc1. The molecule has 34 heavy (non-hydrogen) atoms. The van der Waals surface area contributed by atoms with E-state index in [0.717, 1.165) is 11.3 Å². The number of amides is 2. The van der Waals surface area contributed by atoms with E-state index in [2.05, 4.69) is 15.6 Å². The lowest BCUT2D eigenvalue weighted by molar-refractivity contribution is -0.118. The van der Waals surface area contributed by atoms with Crippen molar-refractivity contribution in [2.75, 3.05) is 26.1 Å². The van der Waals surface area contributed by atoms with Crippen LogP contribution in [-0.4, -0.2) is 37.6 Å². The third-order valence-corrected chi connectivity index (χ3v) is 5.08. The number of hydrogen-bond acceptors (Lipinski definition) is 6. The van der Waals surface area contributed by atoms with E-state index in [1.54, 1.807) is 50.4 Å². The quantitative estimate of drug-likeness (QED) is 0.447. The molecule has 0 spiro atoms. The molecule has 0 aliphatic carbocycles. The van der Waals surface area contributed by atoms with Gasteiger partial charge in [0, 0.05) is 29.1 Å². The summed E-state index contributed by atoms with van der Waals surface area (Å²) in [7, 11) is 3.01. The molecule has 0 radical (unpaired) electrons. The number of H-pyrrole nitrogens is 1. The van der Waals surface area contributed by atoms with Gasteiger partial charge in [-0.15, -0.1) is 0 Å². The Hall–Kier alpha value is -4.27. The summed E-state index contributed by atoms with van der Waals surface area (Å²) < 4.78 is 16.0. The summed E-state index contributed by atoms with van der Waals surface area (Å²) in [6, 6.07) is 13.4. The number of aromatic amines is 1. The van der Waals surface area contributed by atoms with E-state index in [9.17, 15) is 14.4 Å². The minimum Gasteiger partial charge on any atom is -0.497 e. The maximum atomic E-state index is 12.6. The highest BCUT2D eigenvalue weighted by Crippen LogP contribution is 2.28. The number of carbonyl (C=O) groups excluding carboxylic acids is 2. The van der Waals surface area contributed by atoms with E-state index in [4.69, 9.17) is 14.2 Å². The number of benzene rings is 2. The number of carbonyl (C=O) groups is 2. The fourth-order valence-electron chi connectivity index (χ4n) is 3.31. The molecule has 1 aromatic heterocycles. The van der Waals surface area contributed by atoms with Crippen LogP contribution in [0.3, 0.4) is 0 Å². The molecule has 178 valence electrons. The normalized spacial score (nSPS) is 10.4. The molecule has 0 saturated carbocycles. The van der Waals surface area contributed by atoms with Gasteiger partial charge >= 0.3 is 0 Å². The van der Waals surface area contributed by atoms with E-state index in [1.165, 1.54) is 13.2 Å². The van der Waals surface area contributed by atoms with Crippen molar-refractivity contribution < 1.29 is 23.8 Å². The Bertz CT molecular complexity index is 1230. The molecule has 0 fully saturated rings. The van der Waals surface area contributed by atoms with Crippen LogP contribution in [0.25, 0.3) is 0 Å². The highest BCUT2D eigenvalue weighted by atomic mass is 16.5. The van der Waals surface area contributed by atoms with Crippen molar-refractivity contribution in [3.63, 3.8) is 0 Å². The van der Waals surface area contributed by atoms with E-state index in [1.807, 2.05) is 13.0 Å². The van der Waals surface area contributed by atoms with Gasteiger partial charge in [0.25, 0.3) is 17.4 Å². The van der Waals surface area contributed by atoms with Crippen molar-refractivity contribution in [1.29, 1.82) is 0 Å². The lowest BCUT2D eigenvalue weighted by Crippen LogP contribution is -2.28. The zero-order chi connectivity index (χ0) is 24.7. The van der Waals surface area contributed by atoms with Crippen molar-refractivity contribution in [2.24, 2.45) is 0 Å². The van der Waals surface area contributed by atoms with E-state index in [0.29, 0.717) is 34.1 Å². The number of methoxy groups -OCH3 is 2. The average molecular weight is 466 g/mol. The largest absolute Gasteiger partial charge is 0.497 e. The molecule has 2 amide bonds. The van der Waals surface area contributed by atoms with Crippen LogP contribution < -0.4 is 30.4 Å². The van der Waals surface area contributed by atoms with Gasteiger partial charge in [0.15, 0.2) is 18.1 Å². The highest BCUT2D eigenvalue weighted by Gasteiger charge is 2.14. The van der Waals surface area contributed by atoms with Gasteiger partial charge < -0.3 is 29.8 Å². The molecule has 0 atom stereocenters. The summed E-state index contributed by atoms with van der Waals surface area (Å²) in [5, 5.41) is 5.47. The van der Waals surface area contributed by atoms with Crippen LogP contribution in [0.4, 0.5) is 5.69 Å². The van der Waals surface area contributed by atoms with Crippen molar-refractivity contribution in [1.82, 2.24) is 10.3 Å². The first kappa shape index (κ1) is 24.4. The van der Waals surface area contributed by atoms with Crippen molar-refractivity contribution in [3.05, 3.63) is 81.3 Å². The Labute approximate surface area is 197 Å². The third kappa shape index (κ3) is 6.16. The average Bonchev–Trinajstić information content (AvgIpc) is 2.82. The summed E-state index contributed by atoms with van der Waals surface area (Å²) >= 11 is 0. The van der Waals surface area contributed by atoms with Crippen LogP contribution in [-0.2, 0) is 11.3 Å². The predicted octanol–water partition coefficient (Wildman–Crippen LogP) is 2.96. The maximum Gasteiger partial charge on any atom is 0.262 e. The second-order valence-corrected chi connectivity index (χ2v) is 7.56. The van der Waals surface area contributed by atoms with Gasteiger partial charge in [0.05, 0.1) is 14.2 Å². The van der Waals surface area contributed by atoms with Gasteiger partial charge in [0.1, 0.15) is 5.75 Å². The fourth-order valence-corrected chi connectivity index (χ4v) is 3.31. The number of pyridine rings is 1. The fraction of sp³-hybridized carbons (Fsp3) is 0.240. The summed E-state index contributed by atoms with van der Waals surface area (Å²) in [4.78, 5) is 39.7. The zero-order valence-corrected chi connectivity index (χ0v) is 19.5. The lowest BCUT2D eigenvalue weighted by atomic mass is 10.1. The first-order valence-corrected chi connectivity index (χ1v) is 10.5. The Morgan fingerprint density at radius 1 is 0.941 bits per heavy atom. The van der Waals surface area contributed by atoms with Gasteiger partial charge in [-0.2, -0.15) is 0 Å². The Morgan fingerprint density at radius 2 is 1.68 bits per heavy atom. The third-order valence-electron chi connectivity index (χ3n) is 5.08. The van der Waals surface area contributed by atoms with Crippen LogP contribution >= 0.6 is 0 Å². The van der Waals surface area contributed by atoms with Crippen LogP contribution in [0.2, 0.25) is 0 Å². The molecule has 1 heterocycles. The van der Waals surface area contributed by atoms with Gasteiger partial charge in [-0.3, -0.25) is 14.4 Å². The van der Waals surface area contributed by atoms with Gasteiger partial charge in [0.2, 0.25) is 0 Å². The molecule has 0 bridgehead atoms. The molecule has 0 aliphatic rings. The number of hydrogen-bond donors (Lipinski definition) is 3. The maximum absolute atomic E-state index is 12.6. The Morgan fingerprint density at radius 3 is 2.32 bits per heavy atom. The summed E-state index contributed by atoms with van der Waals surface area (Å²) in [5.74, 6) is 0.571. The predicted molar refractivity (Wildman–Crippen MR) is 128 cm³/mol. The molecule has 9 heteroatoms. The number of anilines is 1. The second-order valence-electron chi connectivity index (χ2n) is 7.56. The summed E-state index contributed by atoms with van der Waals surface area (Å²) in [6.07, 6.45) is 0. The lowest BCUT2D eigenvalue weighted by Gasteiger charge is -2.13. The van der Waals surface area contributed by atoms with Gasteiger partial charge in [-0.05, 0) is 67.9 Å². The van der Waals surface area contributed by atoms with Crippen LogP contribution in [0, 0.1) is 13.8 Å². The number of ether oxygens (including phenoxy) is 3. The van der Waals surface area contributed by atoms with Crippen LogP contribution in [0.5, 0.6) is 17.2 Å². The standard InChI is InChI=1S/C25H27N3O6/c1-15-11-16(2)27-25(31)20(15)13-26-24(30)17-5-10-21(22(12-17)33-4)34-14-23(29)28-18-6-8-19(32-3)9-7-18/h5-12H,13-14H2,1-4H3,(H,26,30)(H,27,31)(H,28,29). The molecular weight excluding hydrogens is 438 g/mol. The zero-order valence-electron chi connectivity index (χ0n) is 19.5. The summed E-state index contributed by atoms with van der Waals surface area (Å²) in [6.45, 7) is 3.47. The number of aryl methyl sites for hydroxylation is 2. The van der Waals surface area contributed by atoms with E-state index >= 15 is 0 Å². The Balaban J connectivity index is 1.60. The van der Waals surface area contributed by atoms with E-state index in [-0.39, 0.29) is 30.5 Å². The number of nitrogens with one attached hydrogen (secondary N) is 3. The molecule has 3 N–H and O–H groups in total. The molecule has 0 saturated heterocycles. The molecule has 2 aromatic carbocycles. The molecule has 0 unspecified atom stereocenters. The van der Waals surface area contributed by atoms with E-state index < -0.39 is 0 Å². The van der Waals surface area contributed by atoms with Gasteiger partial charge in [-0.25, -0.2) is 0 Å². The monoisotopic (exact) mass is 465 g/mol. The van der Waals surface area contributed by atoms with Crippen LogP contribution in [0.15, 0.2) is 53.3 Å². The second kappa shape index (κ2) is 11.0. The van der Waals surface area contributed by atoms with Crippen molar-refractivity contribution in [2.45, 2.75) is 20.4 Å². The molecule has 3 rings (SSSR count). The highest BCUT2D eigenvalue weighted by molar-refractivity contribution is 5.95. The first-order chi connectivity index (χ1) is 16.3. The molecule has 9 nitrogen and oxygen atoms in total. The first-order valence-electron chi connectivity index (χ1n) is 10.5. The smallest absolute Gasteiger partial charge is 0.262 e. The molecule has 0 aliphatic heterocycles. The van der Waals surface area contributed by atoms with Gasteiger partial charge in [-0.1, -0.05) is 0 Å². The summed E-state index contributed by atoms with van der Waals surface area (Å²) in [5.41, 5.74) is 2.76. The van der Waals surface area contributed by atoms with Crippen molar-refractivity contribution >= 4 is 17.5 Å². The van der Waals surface area contributed by atoms with Crippen LogP contribution in [0.1, 0.15) is 27.2 Å². The topological polar surface area (TPSA) is 119 Å². The molecule has 3 aromatic rings. The molecular formula is C25H27N3O6. The Kier molecular flexibility index (Phi) is 7.92. The minimum absolute atomic E-state index is 0.0897. The number of aromatic nitrogens is 1. The number of rotatable bonds is 9. The van der Waals surface area contributed by atoms with Crippen molar-refractivity contribution in [3.8, 4) is 17.2 Å².